The van der Waals surface area contributed by atoms with Crippen LogP contribution in [0.25, 0.3) is 0 Å². The maximum atomic E-state index is 12.8. The Labute approximate surface area is 388 Å². The Morgan fingerprint density at radius 1 is 0.492 bits per heavy atom. The molecule has 2 unspecified atom stereocenters. The number of carbonyl (C=O) groups is 3. The molecule has 0 aliphatic carbocycles. The molecule has 0 N–H and O–H groups in total. The number of rotatable bonds is 46. The molecule has 0 spiro atoms. The Hall–Kier alpha value is -2.97. The van der Waals surface area contributed by atoms with Crippen LogP contribution in [-0.2, 0) is 28.6 Å². The maximum Gasteiger partial charge on any atom is 0.306 e. The van der Waals surface area contributed by atoms with Crippen molar-refractivity contribution in [1.82, 2.24) is 0 Å². The number of ether oxygens (including phenoxy) is 3. The van der Waals surface area contributed by atoms with Crippen LogP contribution in [0.4, 0.5) is 0 Å². The van der Waals surface area contributed by atoms with E-state index in [-0.39, 0.29) is 49.1 Å². The summed E-state index contributed by atoms with van der Waals surface area (Å²) in [6.45, 7) is 4.53. The van der Waals surface area contributed by atoms with Crippen LogP contribution < -0.4 is 5.11 Å². The van der Waals surface area contributed by atoms with Gasteiger partial charge in [-0.1, -0.05) is 184 Å². The van der Waals surface area contributed by atoms with E-state index in [0.717, 1.165) is 64.2 Å². The van der Waals surface area contributed by atoms with Crippen LogP contribution in [0.1, 0.15) is 219 Å². The van der Waals surface area contributed by atoms with Gasteiger partial charge in [-0.2, -0.15) is 0 Å². The van der Waals surface area contributed by atoms with Crippen LogP contribution in [0.15, 0.2) is 60.8 Å². The number of hydrogen-bond acceptors (Lipinski definition) is 7. The molecule has 0 radical (unpaired) electrons. The minimum absolute atomic E-state index is 0.0248. The molecule has 8 heteroatoms. The highest BCUT2D eigenvalue weighted by atomic mass is 16.6. The molecule has 0 amide bonds. The Bertz CT molecular complexity index is 1210. The Kier molecular flexibility index (Phi) is 43.4. The first-order chi connectivity index (χ1) is 30.6. The van der Waals surface area contributed by atoms with Crippen LogP contribution in [-0.4, -0.2) is 75.5 Å². The number of carbonyl (C=O) groups excluding carboxylic acids is 3. The van der Waals surface area contributed by atoms with Crippen molar-refractivity contribution in [3.05, 3.63) is 60.8 Å². The highest BCUT2D eigenvalue weighted by molar-refractivity contribution is 5.70. The van der Waals surface area contributed by atoms with Gasteiger partial charge >= 0.3 is 11.9 Å². The van der Waals surface area contributed by atoms with Crippen LogP contribution >= 0.6 is 0 Å². The summed E-state index contributed by atoms with van der Waals surface area (Å²) >= 11 is 0. The molecule has 63 heavy (non-hydrogen) atoms. The summed E-state index contributed by atoms with van der Waals surface area (Å²) in [5.41, 5.74) is 0. The monoisotopic (exact) mass is 884 g/mol. The van der Waals surface area contributed by atoms with Crippen LogP contribution in [0, 0.1) is 0 Å². The second-order valence-corrected chi connectivity index (χ2v) is 18.4. The third kappa shape index (κ3) is 44.0. The molecule has 0 aliphatic heterocycles. The number of carboxylic acids is 1. The van der Waals surface area contributed by atoms with Gasteiger partial charge in [-0.25, -0.2) is 0 Å². The van der Waals surface area contributed by atoms with Gasteiger partial charge in [0.1, 0.15) is 12.6 Å². The molecule has 0 aromatic heterocycles. The van der Waals surface area contributed by atoms with E-state index in [1.165, 1.54) is 116 Å². The molecule has 0 fully saturated rings. The van der Waals surface area contributed by atoms with Gasteiger partial charge < -0.3 is 28.6 Å². The number of hydrogen-bond donors (Lipinski definition) is 0. The molecule has 0 saturated carbocycles. The van der Waals surface area contributed by atoms with Crippen molar-refractivity contribution in [2.24, 2.45) is 0 Å². The van der Waals surface area contributed by atoms with Gasteiger partial charge in [0, 0.05) is 19.3 Å². The number of esters is 2. The molecular weight excluding hydrogens is 787 g/mol. The fourth-order valence-electron chi connectivity index (χ4n) is 7.41. The highest BCUT2D eigenvalue weighted by Gasteiger charge is 2.25. The van der Waals surface area contributed by atoms with Crippen LogP contribution in [0.5, 0.6) is 0 Å². The lowest BCUT2D eigenvalue weighted by molar-refractivity contribution is -0.889. The summed E-state index contributed by atoms with van der Waals surface area (Å²) in [5, 5.41) is 11.7. The van der Waals surface area contributed by atoms with Gasteiger partial charge in [-0.15, -0.1) is 0 Å². The number of allylic oxidation sites excluding steroid dienone is 10. The molecule has 0 heterocycles. The molecule has 364 valence electrons. The summed E-state index contributed by atoms with van der Waals surface area (Å²) in [7, 11) is 5.40. The number of nitrogens with zero attached hydrogens (tertiary/aromatic N) is 1. The molecular formula is C55H97NO7. The third-order valence-electron chi connectivity index (χ3n) is 11.4. The van der Waals surface area contributed by atoms with Crippen molar-refractivity contribution < 1.29 is 38.2 Å². The van der Waals surface area contributed by atoms with E-state index in [1.807, 2.05) is 0 Å². The third-order valence-corrected chi connectivity index (χ3v) is 11.4. The fraction of sp³-hybridized carbons (Fsp3) is 0.764. The predicted molar refractivity (Wildman–Crippen MR) is 263 cm³/mol. The minimum atomic E-state index is -1.13. The largest absolute Gasteiger partial charge is 0.544 e. The van der Waals surface area contributed by atoms with Gasteiger partial charge in [0.2, 0.25) is 0 Å². The number of carboxylic acid groups (broad SMARTS) is 1. The summed E-state index contributed by atoms with van der Waals surface area (Å²) in [5.74, 6) is -1.78. The highest BCUT2D eigenvalue weighted by Crippen LogP contribution is 2.15. The van der Waals surface area contributed by atoms with E-state index in [0.29, 0.717) is 12.8 Å². The van der Waals surface area contributed by atoms with E-state index in [2.05, 4.69) is 74.6 Å². The lowest BCUT2D eigenvalue weighted by Gasteiger charge is -2.34. The fourth-order valence-corrected chi connectivity index (χ4v) is 7.41. The smallest absolute Gasteiger partial charge is 0.306 e. The zero-order chi connectivity index (χ0) is 46.3. The predicted octanol–water partition coefficient (Wildman–Crippen LogP) is 13.6. The summed E-state index contributed by atoms with van der Waals surface area (Å²) < 4.78 is 17.2. The molecule has 0 aliphatic rings. The van der Waals surface area contributed by atoms with Gasteiger partial charge in [0.05, 0.1) is 40.3 Å². The number of aliphatic carboxylic acids is 1. The second kappa shape index (κ2) is 45.6. The van der Waals surface area contributed by atoms with Gasteiger partial charge in [0.25, 0.3) is 0 Å². The minimum Gasteiger partial charge on any atom is -0.544 e. The SMILES string of the molecule is CC/C=C/C/C=C/C/C=C/C/C=C/CCCCCC(=O)OC(COCCC(C(=O)[O-])[N+](C)(C)C)COC(=O)CCCCCCCCC/C=C/CCCCCCCCCCCCCC. The summed E-state index contributed by atoms with van der Waals surface area (Å²) in [4.78, 5) is 37.0. The number of quaternary nitrogens is 1. The van der Waals surface area contributed by atoms with E-state index >= 15 is 0 Å². The first-order valence-electron chi connectivity index (χ1n) is 25.8. The molecule has 0 saturated heterocycles. The number of likely N-dealkylation sites (N-methyl/N-ethyl adjacent to an activating group) is 1. The van der Waals surface area contributed by atoms with Crippen LogP contribution in [0.2, 0.25) is 0 Å². The van der Waals surface area contributed by atoms with Crippen molar-refractivity contribution >= 4 is 17.9 Å². The van der Waals surface area contributed by atoms with Crippen LogP contribution in [0.3, 0.4) is 0 Å². The van der Waals surface area contributed by atoms with E-state index < -0.39 is 18.1 Å². The molecule has 0 rings (SSSR count). The molecule has 8 nitrogen and oxygen atoms in total. The topological polar surface area (TPSA) is 102 Å². The zero-order valence-corrected chi connectivity index (χ0v) is 41.5. The zero-order valence-electron chi connectivity index (χ0n) is 41.5. The van der Waals surface area contributed by atoms with E-state index in [4.69, 9.17) is 14.2 Å². The Morgan fingerprint density at radius 2 is 0.889 bits per heavy atom. The quantitative estimate of drug-likeness (QED) is 0.0260. The van der Waals surface area contributed by atoms with Crippen molar-refractivity contribution in [3.63, 3.8) is 0 Å². The van der Waals surface area contributed by atoms with Crippen molar-refractivity contribution in [3.8, 4) is 0 Å². The standard InChI is InChI=1S/C55H97NO7/c1-6-8-10-12-14-16-18-20-22-24-25-26-27-28-29-30-32-33-35-37-39-41-43-45-53(57)62-50-51(49-61-48-47-52(55(59)60)56(3,4)5)63-54(58)46-44-42-40-38-36-34-31-23-21-19-17-15-13-11-9-7-2/h9,11,15,17,21,23,28-29,34,36,51-52H,6-8,10,12-14,16,18-20,22,24-27,30-33,35,37-50H2,1-5H3/b11-9+,17-15+,23-21+,29-28+,36-34+. The van der Waals surface area contributed by atoms with Gasteiger partial charge in [-0.3, -0.25) is 9.59 Å². The molecule has 0 aromatic rings. The van der Waals surface area contributed by atoms with E-state index in [9.17, 15) is 19.5 Å². The maximum absolute atomic E-state index is 12.8. The lowest BCUT2D eigenvalue weighted by Crippen LogP contribution is -2.55. The average molecular weight is 884 g/mol. The van der Waals surface area contributed by atoms with Gasteiger partial charge in [0.15, 0.2) is 6.10 Å². The summed E-state index contributed by atoms with van der Waals surface area (Å²) in [6.07, 6.45) is 56.9. The first kappa shape index (κ1) is 60.0. The van der Waals surface area contributed by atoms with Gasteiger partial charge in [-0.05, 0) is 77.0 Å². The van der Waals surface area contributed by atoms with Crippen molar-refractivity contribution in [2.75, 3.05) is 41.0 Å². The normalized spacial score (nSPS) is 13.3. The van der Waals surface area contributed by atoms with E-state index in [1.54, 1.807) is 21.1 Å². The van der Waals surface area contributed by atoms with Crippen molar-refractivity contribution in [2.45, 2.75) is 231 Å². The van der Waals surface area contributed by atoms with Crippen molar-refractivity contribution in [1.29, 1.82) is 0 Å². The Morgan fingerprint density at radius 3 is 1.35 bits per heavy atom. The lowest BCUT2D eigenvalue weighted by atomic mass is 10.0. The summed E-state index contributed by atoms with van der Waals surface area (Å²) in [6, 6.07) is -0.735. The average Bonchev–Trinajstić information content (AvgIpc) is 3.24. The molecule has 0 bridgehead atoms. The first-order valence-corrected chi connectivity index (χ1v) is 25.8. The second-order valence-electron chi connectivity index (χ2n) is 18.4. The number of unbranched alkanes of at least 4 members (excludes halogenated alkanes) is 22. The Balaban J connectivity index is 4.25. The molecule has 2 atom stereocenters. The molecule has 0 aromatic carbocycles.